The third kappa shape index (κ3) is 2.02. The molecule has 2 N–H and O–H groups in total. The van der Waals surface area contributed by atoms with E-state index in [9.17, 15) is 13.2 Å². The van der Waals surface area contributed by atoms with E-state index in [1.165, 1.54) is 6.07 Å². The molecular formula is C12H12F3N2. The molecule has 5 heteroatoms. The van der Waals surface area contributed by atoms with Crippen molar-refractivity contribution in [2.75, 3.05) is 6.54 Å². The quantitative estimate of drug-likeness (QED) is 0.849. The molecule has 91 valence electrons. The first-order valence-electron chi connectivity index (χ1n) is 5.27. The first kappa shape index (κ1) is 12.0. The number of rotatable bonds is 2. The molecule has 1 aliphatic rings. The summed E-state index contributed by atoms with van der Waals surface area (Å²) in [6, 6.07) is 4.13. The zero-order chi connectivity index (χ0) is 12.6. The van der Waals surface area contributed by atoms with Crippen LogP contribution in [-0.2, 0) is 6.18 Å². The highest BCUT2D eigenvalue weighted by atomic mass is 19.4. The molecule has 1 aliphatic heterocycles. The third-order valence-corrected chi connectivity index (χ3v) is 2.78. The van der Waals surface area contributed by atoms with Crippen molar-refractivity contribution in [3.63, 3.8) is 0 Å². The summed E-state index contributed by atoms with van der Waals surface area (Å²) >= 11 is 0. The van der Waals surface area contributed by atoms with Crippen LogP contribution in [0.3, 0.4) is 0 Å². The lowest BCUT2D eigenvalue weighted by Crippen LogP contribution is -2.08. The highest BCUT2D eigenvalue weighted by Crippen LogP contribution is 2.44. The molecule has 1 aromatic carbocycles. The largest absolute Gasteiger partial charge is 0.418 e. The summed E-state index contributed by atoms with van der Waals surface area (Å²) in [4.78, 5) is 0. The smallest absolute Gasteiger partial charge is 0.330 e. The van der Waals surface area contributed by atoms with E-state index in [1.807, 2.05) is 0 Å². The standard InChI is InChI=1S/C12H12F3N2/c1-7-8(5-6-16)9-3-2-4-10(11(9)17-7)12(13,14)15/h2-4H,5-6,16H2,1H3. The van der Waals surface area contributed by atoms with Crippen LogP contribution in [0.25, 0.3) is 5.57 Å². The van der Waals surface area contributed by atoms with Crippen LogP contribution in [0.1, 0.15) is 24.5 Å². The summed E-state index contributed by atoms with van der Waals surface area (Å²) in [5, 5.41) is 4.02. The summed E-state index contributed by atoms with van der Waals surface area (Å²) in [5.74, 6) is 0. The number of halogens is 3. The average Bonchev–Trinajstić information content (AvgIpc) is 2.54. The van der Waals surface area contributed by atoms with Gasteiger partial charge in [-0.15, -0.1) is 0 Å². The van der Waals surface area contributed by atoms with E-state index in [-0.39, 0.29) is 5.69 Å². The molecule has 1 aromatic rings. The van der Waals surface area contributed by atoms with Gasteiger partial charge in [0.25, 0.3) is 0 Å². The molecule has 0 fully saturated rings. The zero-order valence-electron chi connectivity index (χ0n) is 9.30. The predicted molar refractivity (Wildman–Crippen MR) is 59.5 cm³/mol. The minimum atomic E-state index is -4.37. The van der Waals surface area contributed by atoms with Crippen LogP contribution >= 0.6 is 0 Å². The maximum absolute atomic E-state index is 12.8. The van der Waals surface area contributed by atoms with Crippen molar-refractivity contribution in [3.05, 3.63) is 35.0 Å². The van der Waals surface area contributed by atoms with E-state index in [0.717, 1.165) is 11.6 Å². The van der Waals surface area contributed by atoms with Gasteiger partial charge in [-0.05, 0) is 31.5 Å². The Kier molecular flexibility index (Phi) is 2.87. The molecule has 1 radical (unpaired) electrons. The van der Waals surface area contributed by atoms with E-state index < -0.39 is 11.7 Å². The van der Waals surface area contributed by atoms with E-state index in [1.54, 1.807) is 13.0 Å². The van der Waals surface area contributed by atoms with Crippen LogP contribution < -0.4 is 11.1 Å². The first-order chi connectivity index (χ1) is 7.95. The van der Waals surface area contributed by atoms with Crippen LogP contribution in [0, 0.1) is 0 Å². The van der Waals surface area contributed by atoms with Gasteiger partial charge in [0.1, 0.15) is 0 Å². The fraction of sp³-hybridized carbons (Fsp3) is 0.333. The Morgan fingerprint density at radius 3 is 2.59 bits per heavy atom. The second-order valence-electron chi connectivity index (χ2n) is 3.91. The number of hydrogen-bond acceptors (Lipinski definition) is 1. The summed E-state index contributed by atoms with van der Waals surface area (Å²) in [5.41, 5.74) is 6.80. The molecule has 0 saturated carbocycles. The second kappa shape index (κ2) is 4.07. The molecule has 2 rings (SSSR count). The fourth-order valence-electron chi connectivity index (χ4n) is 2.03. The summed E-state index contributed by atoms with van der Waals surface area (Å²) < 4.78 is 38.3. The number of nitrogens with zero attached hydrogens (tertiary/aromatic N) is 1. The Morgan fingerprint density at radius 2 is 2.00 bits per heavy atom. The van der Waals surface area contributed by atoms with Crippen LogP contribution in [0.2, 0.25) is 0 Å². The van der Waals surface area contributed by atoms with Gasteiger partial charge in [0.05, 0.1) is 11.3 Å². The van der Waals surface area contributed by atoms with Crippen molar-refractivity contribution in [1.82, 2.24) is 5.32 Å². The number of hydrogen-bond donors (Lipinski definition) is 1. The van der Waals surface area contributed by atoms with Gasteiger partial charge in [-0.1, -0.05) is 12.1 Å². The molecule has 0 amide bonds. The summed E-state index contributed by atoms with van der Waals surface area (Å²) in [7, 11) is 0. The van der Waals surface area contributed by atoms with Crippen molar-refractivity contribution in [1.29, 1.82) is 0 Å². The van der Waals surface area contributed by atoms with Gasteiger partial charge in [0.15, 0.2) is 0 Å². The molecule has 0 aromatic heterocycles. The fourth-order valence-corrected chi connectivity index (χ4v) is 2.03. The van der Waals surface area contributed by atoms with Crippen molar-refractivity contribution < 1.29 is 13.2 Å². The van der Waals surface area contributed by atoms with Crippen molar-refractivity contribution >= 4 is 11.3 Å². The van der Waals surface area contributed by atoms with Gasteiger partial charge in [-0.2, -0.15) is 13.2 Å². The number of alkyl halides is 3. The molecular weight excluding hydrogens is 229 g/mol. The molecule has 17 heavy (non-hydrogen) atoms. The van der Waals surface area contributed by atoms with Crippen LogP contribution in [-0.4, -0.2) is 6.54 Å². The third-order valence-electron chi connectivity index (χ3n) is 2.78. The topological polar surface area (TPSA) is 40.1 Å². The Labute approximate surface area is 97.3 Å². The first-order valence-corrected chi connectivity index (χ1v) is 5.27. The van der Waals surface area contributed by atoms with Gasteiger partial charge in [0, 0.05) is 11.3 Å². The molecule has 0 aliphatic carbocycles. The maximum Gasteiger partial charge on any atom is 0.418 e. The van der Waals surface area contributed by atoms with Gasteiger partial charge < -0.3 is 5.73 Å². The number of fused-ring (bicyclic) bond motifs is 1. The lowest BCUT2D eigenvalue weighted by atomic mass is 10.00. The molecule has 0 atom stereocenters. The van der Waals surface area contributed by atoms with Gasteiger partial charge in [0.2, 0.25) is 0 Å². The molecule has 0 saturated heterocycles. The number of para-hydroxylation sites is 1. The van der Waals surface area contributed by atoms with Crippen LogP contribution in [0.15, 0.2) is 23.9 Å². The van der Waals surface area contributed by atoms with E-state index in [0.29, 0.717) is 24.2 Å². The second-order valence-corrected chi connectivity index (χ2v) is 3.91. The van der Waals surface area contributed by atoms with Crippen LogP contribution in [0.4, 0.5) is 18.9 Å². The SMILES string of the molecule is CC1=C(CCN)c2cccc(C(F)(F)F)c2[N]1. The minimum absolute atomic E-state index is 0.0287. The average molecular weight is 241 g/mol. The number of allylic oxidation sites excluding steroid dienone is 1. The van der Waals surface area contributed by atoms with E-state index in [2.05, 4.69) is 5.32 Å². The summed E-state index contributed by atoms with van der Waals surface area (Å²) in [6.07, 6.45) is -3.82. The molecule has 1 heterocycles. The molecule has 2 nitrogen and oxygen atoms in total. The molecule has 0 bridgehead atoms. The Morgan fingerprint density at radius 1 is 1.29 bits per heavy atom. The lowest BCUT2D eigenvalue weighted by Gasteiger charge is -2.11. The van der Waals surface area contributed by atoms with Gasteiger partial charge in [-0.3, -0.25) is 5.32 Å². The molecule has 0 spiro atoms. The highest BCUT2D eigenvalue weighted by Gasteiger charge is 2.37. The van der Waals surface area contributed by atoms with Gasteiger partial charge >= 0.3 is 6.18 Å². The van der Waals surface area contributed by atoms with E-state index in [4.69, 9.17) is 5.73 Å². The summed E-state index contributed by atoms with van der Waals surface area (Å²) in [6.45, 7) is 2.11. The number of benzene rings is 1. The number of nitrogens with two attached hydrogens (primary N) is 1. The minimum Gasteiger partial charge on any atom is -0.330 e. The van der Waals surface area contributed by atoms with Crippen molar-refractivity contribution in [3.8, 4) is 0 Å². The van der Waals surface area contributed by atoms with Crippen molar-refractivity contribution in [2.24, 2.45) is 5.73 Å². The Hall–Kier alpha value is -1.49. The maximum atomic E-state index is 12.8. The zero-order valence-corrected chi connectivity index (χ0v) is 9.30. The Bertz CT molecular complexity index is 475. The molecule has 0 unspecified atom stereocenters. The lowest BCUT2D eigenvalue weighted by molar-refractivity contribution is -0.137. The highest BCUT2D eigenvalue weighted by molar-refractivity contribution is 5.83. The normalized spacial score (nSPS) is 14.9. The van der Waals surface area contributed by atoms with Crippen LogP contribution in [0.5, 0.6) is 0 Å². The van der Waals surface area contributed by atoms with E-state index >= 15 is 0 Å². The predicted octanol–water partition coefficient (Wildman–Crippen LogP) is 3.03. The van der Waals surface area contributed by atoms with Gasteiger partial charge in [-0.25, -0.2) is 0 Å². The monoisotopic (exact) mass is 241 g/mol. The van der Waals surface area contributed by atoms with Crippen molar-refractivity contribution in [2.45, 2.75) is 19.5 Å². The Balaban J connectivity index is 2.51.